The highest BCUT2D eigenvalue weighted by Crippen LogP contribution is 2.45. The summed E-state index contributed by atoms with van der Waals surface area (Å²) in [6.07, 6.45) is 0.938. The van der Waals surface area contributed by atoms with Crippen LogP contribution in [-0.4, -0.2) is 34.6 Å². The molecule has 2 heterocycles. The van der Waals surface area contributed by atoms with Gasteiger partial charge in [0.05, 0.1) is 29.8 Å². The van der Waals surface area contributed by atoms with Gasteiger partial charge in [-0.05, 0) is 51.0 Å². The quantitative estimate of drug-likeness (QED) is 0.554. The Bertz CT molecular complexity index is 978. The van der Waals surface area contributed by atoms with Crippen LogP contribution in [0.25, 0.3) is 0 Å². The van der Waals surface area contributed by atoms with Crippen LogP contribution < -0.4 is 5.32 Å². The van der Waals surface area contributed by atoms with Crippen LogP contribution in [0.5, 0.6) is 0 Å². The minimum absolute atomic E-state index is 0.0284. The van der Waals surface area contributed by atoms with Crippen LogP contribution in [0.2, 0.25) is 0 Å². The lowest BCUT2D eigenvalue weighted by molar-refractivity contribution is -0.143. The summed E-state index contributed by atoms with van der Waals surface area (Å²) in [5.74, 6) is 0.134. The molecule has 0 saturated carbocycles. The number of nitrogens with zero attached hydrogens (tertiary/aromatic N) is 2. The average Bonchev–Trinajstić information content (AvgIpc) is 3.07. The van der Waals surface area contributed by atoms with Gasteiger partial charge in [-0.1, -0.05) is 55.4 Å². The van der Waals surface area contributed by atoms with E-state index in [1.54, 1.807) is 0 Å². The van der Waals surface area contributed by atoms with Gasteiger partial charge in [0.2, 0.25) is 5.91 Å². The zero-order chi connectivity index (χ0) is 23.4. The average molecular weight is 456 g/mol. The number of amidine groups is 1. The molecule has 2 aliphatic rings. The summed E-state index contributed by atoms with van der Waals surface area (Å²) in [6, 6.07) is 7.72. The van der Waals surface area contributed by atoms with Crippen molar-refractivity contribution in [1.82, 2.24) is 10.2 Å². The minimum Gasteiger partial charge on any atom is -0.459 e. The molecule has 6 nitrogen and oxygen atoms in total. The first-order valence-corrected chi connectivity index (χ1v) is 12.0. The summed E-state index contributed by atoms with van der Waals surface area (Å²) >= 11 is 1.49. The molecule has 0 spiro atoms. The van der Waals surface area contributed by atoms with Gasteiger partial charge < -0.3 is 15.0 Å². The van der Waals surface area contributed by atoms with Crippen molar-refractivity contribution >= 4 is 28.8 Å². The lowest BCUT2D eigenvalue weighted by Gasteiger charge is -2.36. The minimum atomic E-state index is -0.390. The number of allylic oxidation sites excluding steroid dienone is 1. The smallest absolute Gasteiger partial charge is 0.338 e. The molecule has 3 rings (SSSR count). The molecule has 172 valence electrons. The van der Waals surface area contributed by atoms with Crippen molar-refractivity contribution in [3.05, 3.63) is 57.8 Å². The van der Waals surface area contributed by atoms with Crippen LogP contribution in [0.3, 0.4) is 0 Å². The summed E-state index contributed by atoms with van der Waals surface area (Å²) in [4.78, 5) is 32.5. The van der Waals surface area contributed by atoms with Gasteiger partial charge in [-0.25, -0.2) is 9.79 Å². The third kappa shape index (κ3) is 5.63. The van der Waals surface area contributed by atoms with Crippen LogP contribution in [0.4, 0.5) is 0 Å². The molecule has 0 radical (unpaired) electrons. The Hall–Kier alpha value is -2.54. The van der Waals surface area contributed by atoms with E-state index < -0.39 is 6.04 Å². The summed E-state index contributed by atoms with van der Waals surface area (Å²) in [5.41, 5.74) is 4.08. The van der Waals surface area contributed by atoms with Gasteiger partial charge in [0.1, 0.15) is 0 Å². The molecule has 0 bridgehead atoms. The van der Waals surface area contributed by atoms with E-state index in [-0.39, 0.29) is 24.4 Å². The zero-order valence-corrected chi connectivity index (χ0v) is 20.6. The molecule has 1 amide bonds. The molecule has 1 N–H and O–H groups in total. The standard InChI is InChI=1S/C25H33N3O3S/c1-15(2)10-11-26-21(29)13-20-14-32-25-27-18(6)22(24(30)31-16(3)4)23(28(20)25)19-9-7-8-17(5)12-19/h7-9,12,14-16,23H,10-11,13H2,1-6H3,(H,26,29). The van der Waals surface area contributed by atoms with Crippen LogP contribution in [-0.2, 0) is 14.3 Å². The maximum Gasteiger partial charge on any atom is 0.338 e. The van der Waals surface area contributed by atoms with Gasteiger partial charge in [-0.3, -0.25) is 4.79 Å². The number of ether oxygens (including phenoxy) is 1. The zero-order valence-electron chi connectivity index (χ0n) is 19.8. The number of nitrogens with one attached hydrogen (secondary N) is 1. The van der Waals surface area contributed by atoms with Gasteiger partial charge in [0, 0.05) is 12.2 Å². The van der Waals surface area contributed by atoms with E-state index in [2.05, 4.69) is 25.2 Å². The van der Waals surface area contributed by atoms with E-state index in [0.29, 0.717) is 23.7 Å². The van der Waals surface area contributed by atoms with E-state index in [0.717, 1.165) is 28.4 Å². The molecule has 1 atom stereocenters. The number of aryl methyl sites for hydroxylation is 1. The Morgan fingerprint density at radius 1 is 1.22 bits per heavy atom. The van der Waals surface area contributed by atoms with E-state index in [1.807, 2.05) is 56.2 Å². The number of rotatable bonds is 8. The number of aliphatic imine (C=N–C) groups is 1. The Balaban J connectivity index is 1.93. The van der Waals surface area contributed by atoms with Crippen LogP contribution in [0.1, 0.15) is 64.6 Å². The fraction of sp³-hybridized carbons (Fsp3) is 0.480. The first kappa shape index (κ1) is 24.1. The van der Waals surface area contributed by atoms with Crippen molar-refractivity contribution in [2.24, 2.45) is 10.9 Å². The first-order chi connectivity index (χ1) is 15.2. The van der Waals surface area contributed by atoms with E-state index in [4.69, 9.17) is 9.73 Å². The number of fused-ring (bicyclic) bond motifs is 1. The maximum absolute atomic E-state index is 13.1. The molecule has 0 aliphatic carbocycles. The number of hydrogen-bond donors (Lipinski definition) is 1. The molecular weight excluding hydrogens is 422 g/mol. The molecule has 32 heavy (non-hydrogen) atoms. The molecule has 0 fully saturated rings. The molecule has 1 unspecified atom stereocenters. The van der Waals surface area contributed by atoms with Crippen molar-refractivity contribution in [1.29, 1.82) is 0 Å². The van der Waals surface area contributed by atoms with Gasteiger partial charge in [0.25, 0.3) is 0 Å². The van der Waals surface area contributed by atoms with E-state index in [9.17, 15) is 9.59 Å². The number of amides is 1. The summed E-state index contributed by atoms with van der Waals surface area (Å²) in [5, 5.41) is 5.75. The molecule has 0 aromatic heterocycles. The number of benzene rings is 1. The van der Waals surface area contributed by atoms with Crippen molar-refractivity contribution < 1.29 is 14.3 Å². The van der Waals surface area contributed by atoms with Crippen molar-refractivity contribution in [3.8, 4) is 0 Å². The first-order valence-electron chi connectivity index (χ1n) is 11.2. The Kier molecular flexibility index (Phi) is 7.82. The summed E-state index contributed by atoms with van der Waals surface area (Å²) in [7, 11) is 0. The summed E-state index contributed by atoms with van der Waals surface area (Å²) in [6.45, 7) is 12.5. The predicted molar refractivity (Wildman–Crippen MR) is 130 cm³/mol. The molecular formula is C25H33N3O3S. The fourth-order valence-corrected chi connectivity index (χ4v) is 4.76. The van der Waals surface area contributed by atoms with Gasteiger partial charge in [0.15, 0.2) is 5.17 Å². The monoisotopic (exact) mass is 455 g/mol. The second-order valence-corrected chi connectivity index (χ2v) is 9.81. The number of esters is 1. The topological polar surface area (TPSA) is 71.0 Å². The summed E-state index contributed by atoms with van der Waals surface area (Å²) < 4.78 is 5.58. The third-order valence-electron chi connectivity index (χ3n) is 5.31. The van der Waals surface area contributed by atoms with E-state index in [1.165, 1.54) is 11.8 Å². The Morgan fingerprint density at radius 3 is 2.62 bits per heavy atom. The highest BCUT2D eigenvalue weighted by molar-refractivity contribution is 8.16. The molecule has 0 saturated heterocycles. The predicted octanol–water partition coefficient (Wildman–Crippen LogP) is 5.07. The Morgan fingerprint density at radius 2 is 1.97 bits per heavy atom. The van der Waals surface area contributed by atoms with Crippen LogP contribution in [0, 0.1) is 12.8 Å². The van der Waals surface area contributed by atoms with Crippen molar-refractivity contribution in [3.63, 3.8) is 0 Å². The maximum atomic E-state index is 13.1. The highest BCUT2D eigenvalue weighted by atomic mass is 32.2. The van der Waals surface area contributed by atoms with Crippen molar-refractivity contribution in [2.75, 3.05) is 6.54 Å². The van der Waals surface area contributed by atoms with Gasteiger partial charge in [-0.15, -0.1) is 0 Å². The number of carbonyl (C=O) groups excluding carboxylic acids is 2. The fourth-order valence-electron chi connectivity index (χ4n) is 3.79. The molecule has 2 aliphatic heterocycles. The molecule has 1 aromatic rings. The largest absolute Gasteiger partial charge is 0.459 e. The van der Waals surface area contributed by atoms with Gasteiger partial charge in [-0.2, -0.15) is 0 Å². The van der Waals surface area contributed by atoms with Gasteiger partial charge >= 0.3 is 5.97 Å². The third-order valence-corrected chi connectivity index (χ3v) is 6.20. The second kappa shape index (κ2) is 10.4. The molecule has 7 heteroatoms. The number of thioether (sulfide) groups is 1. The van der Waals surface area contributed by atoms with E-state index >= 15 is 0 Å². The number of carbonyl (C=O) groups is 2. The lowest BCUT2D eigenvalue weighted by atomic mass is 9.93. The van der Waals surface area contributed by atoms with Crippen LogP contribution >= 0.6 is 11.8 Å². The molecule has 1 aromatic carbocycles. The Labute approximate surface area is 195 Å². The van der Waals surface area contributed by atoms with Crippen LogP contribution in [0.15, 0.2) is 51.6 Å². The second-order valence-electron chi connectivity index (χ2n) is 8.97. The normalized spacial score (nSPS) is 18.0. The number of hydrogen-bond acceptors (Lipinski definition) is 6. The lowest BCUT2D eigenvalue weighted by Crippen LogP contribution is -2.38. The highest BCUT2D eigenvalue weighted by Gasteiger charge is 2.41. The van der Waals surface area contributed by atoms with Crippen molar-refractivity contribution in [2.45, 2.75) is 66.5 Å². The SMILES string of the molecule is CC1=C(C(=O)OC(C)C)C(c2cccc(C)c2)N2C(CC(=O)NCCC(C)C)=CSC2=N1.